The summed E-state index contributed by atoms with van der Waals surface area (Å²) >= 11 is 0. The Morgan fingerprint density at radius 1 is 0.982 bits per heavy atom. The molecule has 3 aliphatic rings. The van der Waals surface area contributed by atoms with Gasteiger partial charge >= 0.3 is 0 Å². The summed E-state index contributed by atoms with van der Waals surface area (Å²) in [7, 11) is 1.85. The van der Waals surface area contributed by atoms with Gasteiger partial charge < -0.3 is 19.2 Å². The lowest BCUT2D eigenvalue weighted by molar-refractivity contribution is -0.134. The van der Waals surface area contributed by atoms with Crippen LogP contribution in [0.5, 0.6) is 0 Å². The van der Waals surface area contributed by atoms with Gasteiger partial charge in [-0.25, -0.2) is 9.97 Å². The van der Waals surface area contributed by atoms with Crippen LogP contribution in [0.4, 0.5) is 11.4 Å². The average Bonchev–Trinajstić information content (AvgIpc) is 3.96. The van der Waals surface area contributed by atoms with Gasteiger partial charge in [0.05, 0.1) is 41.2 Å². The van der Waals surface area contributed by atoms with Crippen molar-refractivity contribution in [3.8, 4) is 23.2 Å². The van der Waals surface area contributed by atoms with Crippen molar-refractivity contribution in [3.05, 3.63) is 111 Å². The van der Waals surface area contributed by atoms with Gasteiger partial charge in [0.25, 0.3) is 11.5 Å². The van der Waals surface area contributed by atoms with Crippen LogP contribution >= 0.6 is 0 Å². The molecule has 1 saturated heterocycles. The van der Waals surface area contributed by atoms with E-state index in [2.05, 4.69) is 44.5 Å². The van der Waals surface area contributed by atoms with Crippen LogP contribution in [0.1, 0.15) is 82.6 Å². The summed E-state index contributed by atoms with van der Waals surface area (Å²) < 4.78 is 7.65. The zero-order chi connectivity index (χ0) is 37.8. The van der Waals surface area contributed by atoms with Crippen molar-refractivity contribution in [2.75, 3.05) is 18.0 Å². The minimum atomic E-state index is -0.438. The van der Waals surface area contributed by atoms with Crippen molar-refractivity contribution in [2.24, 2.45) is 7.05 Å². The van der Waals surface area contributed by atoms with Gasteiger partial charge in [0.1, 0.15) is 11.3 Å². The number of rotatable bonds is 6. The molecule has 55 heavy (non-hydrogen) atoms. The second kappa shape index (κ2) is 13.7. The van der Waals surface area contributed by atoms with E-state index in [1.165, 1.54) is 5.56 Å². The number of hydrogen-bond acceptors (Lipinski definition) is 9. The molecule has 12 nitrogen and oxygen atoms in total. The summed E-state index contributed by atoms with van der Waals surface area (Å²) in [6.07, 6.45) is 8.26. The first-order valence-corrected chi connectivity index (χ1v) is 18.6. The molecule has 4 aromatic heterocycles. The topological polar surface area (TPSA) is 152 Å². The Morgan fingerprint density at radius 3 is 2.65 bits per heavy atom. The van der Waals surface area contributed by atoms with Crippen molar-refractivity contribution in [3.63, 3.8) is 0 Å². The molecule has 2 aromatic carbocycles. The third kappa shape index (κ3) is 6.41. The maximum absolute atomic E-state index is 12.9. The minimum absolute atomic E-state index is 0.0211. The van der Waals surface area contributed by atoms with Crippen molar-refractivity contribution in [2.45, 2.75) is 57.3 Å². The predicted octanol–water partition coefficient (Wildman–Crippen LogP) is 5.71. The average molecular weight is 732 g/mol. The number of amides is 3. The third-order valence-electron chi connectivity index (χ3n) is 10.8. The molecule has 1 atom stereocenters. The molecule has 1 unspecified atom stereocenters. The molecular weight excluding hydrogens is 695 g/mol. The maximum atomic E-state index is 12.9. The molecule has 2 aliphatic heterocycles. The van der Waals surface area contributed by atoms with Gasteiger partial charge in [0, 0.05) is 54.2 Å². The number of fused-ring (bicyclic) bond motifs is 3. The number of nitrogens with one attached hydrogen (secondary N) is 2. The smallest absolute Gasteiger partial charge is 0.270 e. The van der Waals surface area contributed by atoms with E-state index >= 15 is 0 Å². The Hall–Kier alpha value is -6.61. The second-order valence-corrected chi connectivity index (χ2v) is 14.5. The summed E-state index contributed by atoms with van der Waals surface area (Å²) in [5.74, 6) is 5.95. The number of hydrogen-bond donors (Lipinski definition) is 2. The van der Waals surface area contributed by atoms with E-state index in [9.17, 15) is 19.2 Å². The van der Waals surface area contributed by atoms with E-state index in [-0.39, 0.29) is 41.9 Å². The Kier molecular flexibility index (Phi) is 8.49. The first-order chi connectivity index (χ1) is 26.7. The summed E-state index contributed by atoms with van der Waals surface area (Å²) in [4.78, 5) is 66.3. The fourth-order valence-electron chi connectivity index (χ4n) is 7.78. The number of carbonyl (C=O) groups excluding carboxylic acids is 3. The molecular formula is C43H37N7O5. The maximum Gasteiger partial charge on any atom is 0.270 e. The van der Waals surface area contributed by atoms with Crippen LogP contribution < -0.4 is 21.1 Å². The van der Waals surface area contributed by atoms with Gasteiger partial charge in [-0.05, 0) is 98.4 Å². The number of imide groups is 1. The van der Waals surface area contributed by atoms with Crippen LogP contribution in [0.15, 0.2) is 76.2 Å². The van der Waals surface area contributed by atoms with Gasteiger partial charge in [0.2, 0.25) is 11.8 Å². The molecule has 2 N–H and O–H groups in total. The van der Waals surface area contributed by atoms with Crippen LogP contribution in [0.2, 0.25) is 0 Å². The van der Waals surface area contributed by atoms with E-state index in [1.807, 2.05) is 38.4 Å². The lowest BCUT2D eigenvalue weighted by Gasteiger charge is -2.32. The van der Waals surface area contributed by atoms with Gasteiger partial charge in [-0.2, -0.15) is 0 Å². The highest BCUT2D eigenvalue weighted by Crippen LogP contribution is 2.45. The number of carbonyl (C=O) groups is 3. The number of aryl methyl sites for hydroxylation is 3. The molecule has 6 aromatic rings. The largest absolute Gasteiger partial charge is 0.448 e. The first kappa shape index (κ1) is 34.2. The monoisotopic (exact) mass is 731 g/mol. The van der Waals surface area contributed by atoms with Crippen molar-refractivity contribution >= 4 is 51.0 Å². The zero-order valence-electron chi connectivity index (χ0n) is 30.4. The molecule has 274 valence electrons. The van der Waals surface area contributed by atoms with Crippen LogP contribution in [0.25, 0.3) is 33.3 Å². The third-order valence-corrected chi connectivity index (χ3v) is 10.8. The SMILES string of the molecule is Cc1cc2c(N3CCCc4nc(-c5ccc(C(=O)NCC#Cc6cc7c(C8CCC(=O)NC8=O)cccc7o6)nc5)ncc43)cc(C3CC3)cc2n(C)c1=O. The van der Waals surface area contributed by atoms with Crippen LogP contribution in [0.3, 0.4) is 0 Å². The van der Waals surface area contributed by atoms with E-state index in [4.69, 9.17) is 14.4 Å². The Bertz CT molecular complexity index is 2700. The highest BCUT2D eigenvalue weighted by molar-refractivity contribution is 6.03. The number of benzene rings is 2. The van der Waals surface area contributed by atoms with E-state index < -0.39 is 5.92 Å². The van der Waals surface area contributed by atoms with Crippen LogP contribution in [0, 0.1) is 18.8 Å². The summed E-state index contributed by atoms with van der Waals surface area (Å²) in [5.41, 5.74) is 8.23. The molecule has 3 amide bonds. The van der Waals surface area contributed by atoms with E-state index in [1.54, 1.807) is 35.0 Å². The molecule has 1 aliphatic carbocycles. The van der Waals surface area contributed by atoms with Crippen molar-refractivity contribution < 1.29 is 18.8 Å². The van der Waals surface area contributed by atoms with Gasteiger partial charge in [0.15, 0.2) is 11.6 Å². The van der Waals surface area contributed by atoms with Crippen molar-refractivity contribution in [1.29, 1.82) is 0 Å². The molecule has 0 spiro atoms. The molecule has 6 heterocycles. The first-order valence-electron chi connectivity index (χ1n) is 18.6. The molecule has 9 rings (SSSR count). The lowest BCUT2D eigenvalue weighted by Crippen LogP contribution is -2.39. The number of piperidine rings is 1. The molecule has 2 fully saturated rings. The fourth-order valence-corrected chi connectivity index (χ4v) is 7.78. The standard InChI is InChI=1S/C43H37N7O5/c1-24-18-32-35(49(2)43(24)54)19-27(25-10-11-25)20-36(32)50-17-5-8-33-37(50)23-46-40(47-33)26-12-14-34(45-22-26)42(53)44-16-4-6-28-21-31-29(7-3-9-38(31)55-28)30-13-15-39(51)48-41(30)52/h3,7,9,12,14,18-23,25,30H,5,8,10-11,13,15-17H2,1-2H3,(H,44,53)(H,48,51,52). The van der Waals surface area contributed by atoms with Crippen LogP contribution in [-0.4, -0.2) is 50.3 Å². The zero-order valence-corrected chi connectivity index (χ0v) is 30.4. The number of anilines is 2. The molecule has 12 heteroatoms. The Morgan fingerprint density at radius 2 is 1.85 bits per heavy atom. The van der Waals surface area contributed by atoms with Gasteiger partial charge in [-0.3, -0.25) is 29.5 Å². The summed E-state index contributed by atoms with van der Waals surface area (Å²) in [6.45, 7) is 2.75. The van der Waals surface area contributed by atoms with Gasteiger partial charge in [-0.1, -0.05) is 18.1 Å². The molecule has 0 radical (unpaired) electrons. The molecule has 1 saturated carbocycles. The highest BCUT2D eigenvalue weighted by Gasteiger charge is 2.30. The Balaban J connectivity index is 0.891. The predicted molar refractivity (Wildman–Crippen MR) is 207 cm³/mol. The quantitative estimate of drug-likeness (QED) is 0.162. The Labute approximate surface area is 316 Å². The highest BCUT2D eigenvalue weighted by atomic mass is 16.3. The molecule has 0 bridgehead atoms. The van der Waals surface area contributed by atoms with Gasteiger partial charge in [-0.15, -0.1) is 0 Å². The van der Waals surface area contributed by atoms with E-state index in [0.29, 0.717) is 40.6 Å². The summed E-state index contributed by atoms with van der Waals surface area (Å²) in [6, 6.07) is 17.2. The van der Waals surface area contributed by atoms with Crippen LogP contribution in [-0.2, 0) is 23.1 Å². The number of pyridine rings is 2. The minimum Gasteiger partial charge on any atom is -0.448 e. The number of nitrogens with zero attached hydrogens (tertiary/aromatic N) is 5. The van der Waals surface area contributed by atoms with Crippen molar-refractivity contribution in [1.82, 2.24) is 30.2 Å². The second-order valence-electron chi connectivity index (χ2n) is 14.5. The summed E-state index contributed by atoms with van der Waals surface area (Å²) in [5, 5.41) is 7.00. The van der Waals surface area contributed by atoms with E-state index in [0.717, 1.165) is 71.1 Å². The number of furan rings is 1. The fraction of sp³-hybridized carbons (Fsp3) is 0.279. The lowest BCUT2D eigenvalue weighted by atomic mass is 9.88. The normalized spacial score (nSPS) is 16.8. The number of aromatic nitrogens is 4.